The minimum atomic E-state index is -0.833. The van der Waals surface area contributed by atoms with Crippen LogP contribution >= 0.6 is 0 Å². The van der Waals surface area contributed by atoms with Gasteiger partial charge in [-0.15, -0.1) is 0 Å². The van der Waals surface area contributed by atoms with Crippen molar-refractivity contribution in [2.24, 2.45) is 0 Å². The zero-order valence-electron chi connectivity index (χ0n) is 9.88. The van der Waals surface area contributed by atoms with Gasteiger partial charge in [0.2, 0.25) is 0 Å². The number of fused-ring (bicyclic) bond motifs is 1. The highest BCUT2D eigenvalue weighted by atomic mass is 16.4. The summed E-state index contributed by atoms with van der Waals surface area (Å²) < 4.78 is 0. The lowest BCUT2D eigenvalue weighted by Crippen LogP contribution is -2.09. The molecular weight excluding hydrogens is 228 g/mol. The molecule has 0 saturated heterocycles. The minimum absolute atomic E-state index is 0.133. The minimum Gasteiger partial charge on any atom is -0.481 e. The van der Waals surface area contributed by atoms with Crippen LogP contribution in [0.2, 0.25) is 0 Å². The standard InChI is InChI=1S/C13H8O.C2H4O2/c14-13(9-4-2-1-3-5-9)12-8-10-6-7-11(10)12;1-2(3)4/h1-8H;1H3,(H,3,4). The van der Waals surface area contributed by atoms with Gasteiger partial charge in [0.05, 0.1) is 0 Å². The van der Waals surface area contributed by atoms with Gasteiger partial charge in [0.25, 0.3) is 5.97 Å². The lowest BCUT2D eigenvalue weighted by atomic mass is 9.83. The Morgan fingerprint density at radius 3 is 2.00 bits per heavy atom. The highest BCUT2D eigenvalue weighted by Crippen LogP contribution is 2.37. The number of benzene rings is 2. The van der Waals surface area contributed by atoms with Crippen molar-refractivity contribution < 1.29 is 14.7 Å². The Morgan fingerprint density at radius 1 is 1.00 bits per heavy atom. The molecule has 90 valence electrons. The Labute approximate surface area is 105 Å². The fraction of sp³-hybridized carbons (Fsp3) is 0.0667. The summed E-state index contributed by atoms with van der Waals surface area (Å²) in [4.78, 5) is 20.9. The van der Waals surface area contributed by atoms with Crippen molar-refractivity contribution in [2.45, 2.75) is 6.92 Å². The average Bonchev–Trinajstić information content (AvgIpc) is 2.32. The van der Waals surface area contributed by atoms with Crippen LogP contribution in [0, 0.1) is 0 Å². The maximum Gasteiger partial charge on any atom is 0.300 e. The molecule has 0 atom stereocenters. The van der Waals surface area contributed by atoms with E-state index >= 15 is 0 Å². The highest BCUT2D eigenvalue weighted by molar-refractivity contribution is 6.16. The van der Waals surface area contributed by atoms with Gasteiger partial charge in [-0.3, -0.25) is 9.59 Å². The van der Waals surface area contributed by atoms with E-state index in [9.17, 15) is 4.79 Å². The largest absolute Gasteiger partial charge is 0.481 e. The van der Waals surface area contributed by atoms with Crippen molar-refractivity contribution in [3.63, 3.8) is 0 Å². The molecule has 18 heavy (non-hydrogen) atoms. The predicted octanol–water partition coefficient (Wildman–Crippen LogP) is 2.99. The first-order valence-corrected chi connectivity index (χ1v) is 5.53. The van der Waals surface area contributed by atoms with Crippen molar-refractivity contribution >= 4 is 11.8 Å². The summed E-state index contributed by atoms with van der Waals surface area (Å²) >= 11 is 0. The van der Waals surface area contributed by atoms with Gasteiger partial charge in [-0.05, 0) is 17.2 Å². The van der Waals surface area contributed by atoms with Crippen LogP contribution in [0.5, 0.6) is 0 Å². The van der Waals surface area contributed by atoms with Gasteiger partial charge >= 0.3 is 0 Å². The molecule has 1 N–H and O–H groups in total. The van der Waals surface area contributed by atoms with Gasteiger partial charge in [-0.25, -0.2) is 0 Å². The van der Waals surface area contributed by atoms with Crippen LogP contribution in [0.25, 0.3) is 11.1 Å². The molecule has 1 aromatic carbocycles. The second-order valence-electron chi connectivity index (χ2n) is 3.97. The van der Waals surface area contributed by atoms with E-state index in [1.54, 1.807) is 0 Å². The average molecular weight is 240 g/mol. The molecule has 0 saturated carbocycles. The first kappa shape index (κ1) is 12.0. The molecule has 0 heterocycles. The normalized spacial score (nSPS) is 10.1. The van der Waals surface area contributed by atoms with Crippen LogP contribution in [0.1, 0.15) is 22.8 Å². The third kappa shape index (κ3) is 2.30. The van der Waals surface area contributed by atoms with Crippen molar-refractivity contribution in [1.29, 1.82) is 0 Å². The van der Waals surface area contributed by atoms with Crippen LogP contribution in [-0.4, -0.2) is 16.9 Å². The smallest absolute Gasteiger partial charge is 0.300 e. The Balaban J connectivity index is 0.000000267. The Kier molecular flexibility index (Phi) is 3.24. The number of hydrogen-bond donors (Lipinski definition) is 1. The third-order valence-electron chi connectivity index (χ3n) is 2.61. The molecule has 2 aliphatic carbocycles. The summed E-state index contributed by atoms with van der Waals surface area (Å²) in [5.74, 6) is -0.700. The summed E-state index contributed by atoms with van der Waals surface area (Å²) in [6.45, 7) is 1.08. The number of carbonyl (C=O) groups is 2. The molecule has 0 fully saturated rings. The first-order valence-electron chi connectivity index (χ1n) is 5.53. The number of rotatable bonds is 2. The molecule has 3 heteroatoms. The van der Waals surface area contributed by atoms with E-state index in [1.807, 2.05) is 48.5 Å². The van der Waals surface area contributed by atoms with E-state index in [0.29, 0.717) is 0 Å². The van der Waals surface area contributed by atoms with Gasteiger partial charge < -0.3 is 5.11 Å². The SMILES string of the molecule is CC(=O)O.O=C(c1ccccc1)c1cc2ccc1-2. The zero-order valence-corrected chi connectivity index (χ0v) is 9.88. The summed E-state index contributed by atoms with van der Waals surface area (Å²) in [7, 11) is 0. The van der Waals surface area contributed by atoms with E-state index in [4.69, 9.17) is 9.90 Å². The second-order valence-corrected chi connectivity index (χ2v) is 3.97. The topological polar surface area (TPSA) is 54.4 Å². The molecule has 0 aliphatic heterocycles. The van der Waals surface area contributed by atoms with E-state index < -0.39 is 5.97 Å². The number of carboxylic acid groups (broad SMARTS) is 1. The van der Waals surface area contributed by atoms with E-state index in [2.05, 4.69) is 0 Å². The zero-order chi connectivity index (χ0) is 13.1. The van der Waals surface area contributed by atoms with Crippen LogP contribution in [0.4, 0.5) is 0 Å². The quantitative estimate of drug-likeness (QED) is 0.700. The van der Waals surface area contributed by atoms with Crippen LogP contribution < -0.4 is 0 Å². The lowest BCUT2D eigenvalue weighted by molar-refractivity contribution is -0.134. The maximum atomic E-state index is 11.9. The third-order valence-corrected chi connectivity index (χ3v) is 2.61. The van der Waals surface area contributed by atoms with E-state index in [-0.39, 0.29) is 5.78 Å². The number of ketones is 1. The van der Waals surface area contributed by atoms with Gasteiger partial charge in [0.15, 0.2) is 5.78 Å². The maximum absolute atomic E-state index is 11.9. The second kappa shape index (κ2) is 4.84. The fourth-order valence-corrected chi connectivity index (χ4v) is 1.72. The van der Waals surface area contributed by atoms with Gasteiger partial charge in [-0.1, -0.05) is 42.5 Å². The molecule has 0 aromatic heterocycles. The molecule has 3 nitrogen and oxygen atoms in total. The first-order chi connectivity index (χ1) is 8.59. The lowest BCUT2D eigenvalue weighted by Gasteiger charge is -2.19. The molecule has 0 radical (unpaired) electrons. The molecule has 0 unspecified atom stereocenters. The summed E-state index contributed by atoms with van der Waals surface area (Å²) in [5, 5.41) is 7.42. The van der Waals surface area contributed by atoms with Crippen LogP contribution in [0.15, 0.2) is 48.5 Å². The van der Waals surface area contributed by atoms with Gasteiger partial charge in [0.1, 0.15) is 0 Å². The number of hydrogen-bond acceptors (Lipinski definition) is 2. The summed E-state index contributed by atoms with van der Waals surface area (Å²) in [5.41, 5.74) is 3.96. The Bertz CT molecular complexity index is 586. The van der Waals surface area contributed by atoms with Gasteiger partial charge in [-0.2, -0.15) is 0 Å². The molecule has 3 rings (SSSR count). The van der Waals surface area contributed by atoms with Crippen molar-refractivity contribution in [3.05, 3.63) is 59.7 Å². The molecule has 2 aliphatic rings. The molecule has 0 bridgehead atoms. The molecule has 0 amide bonds. The van der Waals surface area contributed by atoms with Crippen molar-refractivity contribution in [3.8, 4) is 11.1 Å². The van der Waals surface area contributed by atoms with Crippen LogP contribution in [-0.2, 0) is 4.79 Å². The Morgan fingerprint density at radius 2 is 1.61 bits per heavy atom. The van der Waals surface area contributed by atoms with Gasteiger partial charge in [0, 0.05) is 18.1 Å². The van der Waals surface area contributed by atoms with Crippen molar-refractivity contribution in [1.82, 2.24) is 0 Å². The Hall–Kier alpha value is -2.42. The molecule has 0 spiro atoms. The number of carboxylic acids is 1. The highest BCUT2D eigenvalue weighted by Gasteiger charge is 2.22. The molecular formula is C15H12O3. The molecule has 1 aromatic rings. The fourth-order valence-electron chi connectivity index (χ4n) is 1.72. The van der Waals surface area contributed by atoms with E-state index in [0.717, 1.165) is 23.6 Å². The number of carbonyl (C=O) groups excluding carboxylic acids is 1. The van der Waals surface area contributed by atoms with Crippen LogP contribution in [0.3, 0.4) is 0 Å². The van der Waals surface area contributed by atoms with Crippen molar-refractivity contribution in [2.75, 3.05) is 0 Å². The predicted molar refractivity (Wildman–Crippen MR) is 68.6 cm³/mol. The summed E-state index contributed by atoms with van der Waals surface area (Å²) in [6, 6.07) is 15.4. The van der Waals surface area contributed by atoms with E-state index in [1.165, 1.54) is 5.56 Å². The monoisotopic (exact) mass is 240 g/mol. The number of aliphatic carboxylic acids is 1. The summed E-state index contributed by atoms with van der Waals surface area (Å²) in [6.07, 6.45) is 0.